The largest absolute Gasteiger partial charge is 0.481 e. The zero-order chi connectivity index (χ0) is 13.7. The Balaban J connectivity index is 2.01. The average Bonchev–Trinajstić information content (AvgIpc) is 2.73. The molecule has 1 fully saturated rings. The number of carbonyl (C=O) groups is 1. The highest BCUT2D eigenvalue weighted by atomic mass is 32.1. The number of thiophene rings is 1. The summed E-state index contributed by atoms with van der Waals surface area (Å²) in [6, 6.07) is 4.16. The van der Waals surface area contributed by atoms with E-state index in [0.29, 0.717) is 6.54 Å². The summed E-state index contributed by atoms with van der Waals surface area (Å²) in [4.78, 5) is 15.2. The number of hydrogen-bond acceptors (Lipinski definition) is 3. The first-order valence-corrected chi connectivity index (χ1v) is 7.95. The average molecular weight is 281 g/mol. The fourth-order valence-corrected chi connectivity index (χ4v) is 3.87. The Bertz CT molecular complexity index is 394. The predicted molar refractivity (Wildman–Crippen MR) is 78.4 cm³/mol. The molecule has 0 aliphatic heterocycles. The number of hydrogen-bond donors (Lipinski definition) is 1. The maximum atomic E-state index is 11.7. The van der Waals surface area contributed by atoms with Gasteiger partial charge in [0.2, 0.25) is 0 Å². The summed E-state index contributed by atoms with van der Waals surface area (Å²) in [5.74, 6) is -0.604. The second kappa shape index (κ2) is 6.53. The van der Waals surface area contributed by atoms with Gasteiger partial charge in [-0.15, -0.1) is 11.3 Å². The van der Waals surface area contributed by atoms with Crippen molar-refractivity contribution in [2.75, 3.05) is 13.6 Å². The van der Waals surface area contributed by atoms with Gasteiger partial charge >= 0.3 is 5.97 Å². The van der Waals surface area contributed by atoms with Crippen LogP contribution < -0.4 is 0 Å². The van der Waals surface area contributed by atoms with Crippen molar-refractivity contribution in [3.8, 4) is 0 Å². The molecule has 19 heavy (non-hydrogen) atoms. The number of carboxylic acid groups (broad SMARTS) is 1. The van der Waals surface area contributed by atoms with Gasteiger partial charge in [-0.2, -0.15) is 0 Å². The molecular formula is C15H23NO2S. The van der Waals surface area contributed by atoms with Crippen LogP contribution in [-0.4, -0.2) is 29.6 Å². The Morgan fingerprint density at radius 3 is 2.58 bits per heavy atom. The van der Waals surface area contributed by atoms with Crippen LogP contribution in [0, 0.1) is 5.41 Å². The molecule has 1 N–H and O–H groups in total. The molecule has 1 aliphatic carbocycles. The monoisotopic (exact) mass is 281 g/mol. The summed E-state index contributed by atoms with van der Waals surface area (Å²) in [7, 11) is 2.04. The molecular weight excluding hydrogens is 258 g/mol. The lowest BCUT2D eigenvalue weighted by Gasteiger charge is -2.32. The molecule has 0 atom stereocenters. The van der Waals surface area contributed by atoms with Crippen molar-refractivity contribution < 1.29 is 9.90 Å². The first-order chi connectivity index (χ1) is 9.12. The SMILES string of the molecule is CN(Cc1cccs1)CC1(C(=O)O)CCCCCC1. The van der Waals surface area contributed by atoms with Crippen LogP contribution >= 0.6 is 11.3 Å². The summed E-state index contributed by atoms with van der Waals surface area (Å²) in [5, 5.41) is 11.7. The third-order valence-corrected chi connectivity index (χ3v) is 4.95. The molecule has 4 heteroatoms. The van der Waals surface area contributed by atoms with Crippen LogP contribution in [0.15, 0.2) is 17.5 Å². The van der Waals surface area contributed by atoms with Crippen molar-refractivity contribution >= 4 is 17.3 Å². The van der Waals surface area contributed by atoms with Crippen molar-refractivity contribution in [1.82, 2.24) is 4.90 Å². The lowest BCUT2D eigenvalue weighted by Crippen LogP contribution is -2.41. The molecule has 1 aliphatic rings. The highest BCUT2D eigenvalue weighted by molar-refractivity contribution is 7.09. The smallest absolute Gasteiger partial charge is 0.310 e. The molecule has 0 saturated heterocycles. The van der Waals surface area contributed by atoms with Crippen LogP contribution in [0.1, 0.15) is 43.4 Å². The predicted octanol–water partition coefficient (Wildman–Crippen LogP) is 3.61. The topological polar surface area (TPSA) is 40.5 Å². The van der Waals surface area contributed by atoms with Gasteiger partial charge in [-0.25, -0.2) is 0 Å². The van der Waals surface area contributed by atoms with Crippen LogP contribution in [-0.2, 0) is 11.3 Å². The quantitative estimate of drug-likeness (QED) is 0.838. The molecule has 0 amide bonds. The number of nitrogens with zero attached hydrogens (tertiary/aromatic N) is 1. The van der Waals surface area contributed by atoms with E-state index in [-0.39, 0.29) is 0 Å². The van der Waals surface area contributed by atoms with Crippen LogP contribution in [0.2, 0.25) is 0 Å². The first-order valence-electron chi connectivity index (χ1n) is 7.07. The normalized spacial score (nSPS) is 19.3. The van der Waals surface area contributed by atoms with Crippen LogP contribution in [0.25, 0.3) is 0 Å². The van der Waals surface area contributed by atoms with Crippen LogP contribution in [0.5, 0.6) is 0 Å². The van der Waals surface area contributed by atoms with Crippen LogP contribution in [0.4, 0.5) is 0 Å². The minimum Gasteiger partial charge on any atom is -0.481 e. The Labute approximate surface area is 119 Å². The molecule has 106 valence electrons. The van der Waals surface area contributed by atoms with Crippen molar-refractivity contribution in [3.63, 3.8) is 0 Å². The fourth-order valence-electron chi connectivity index (χ4n) is 3.09. The molecule has 0 spiro atoms. The van der Waals surface area contributed by atoms with Crippen molar-refractivity contribution in [3.05, 3.63) is 22.4 Å². The molecule has 0 aromatic carbocycles. The lowest BCUT2D eigenvalue weighted by molar-refractivity contribution is -0.151. The van der Waals surface area contributed by atoms with Crippen molar-refractivity contribution in [1.29, 1.82) is 0 Å². The Morgan fingerprint density at radius 1 is 1.37 bits per heavy atom. The number of rotatable bonds is 5. The van der Waals surface area contributed by atoms with E-state index in [1.54, 1.807) is 11.3 Å². The standard InChI is InChI=1S/C15H23NO2S/c1-16(11-13-7-6-10-19-13)12-15(14(17)18)8-4-2-3-5-9-15/h6-7,10H,2-5,8-9,11-12H2,1H3,(H,17,18). The highest BCUT2D eigenvalue weighted by Crippen LogP contribution is 2.36. The van der Waals surface area contributed by atoms with Gasteiger partial charge in [-0.05, 0) is 31.3 Å². The van der Waals surface area contributed by atoms with E-state index in [9.17, 15) is 9.90 Å². The molecule has 0 unspecified atom stereocenters. The summed E-state index contributed by atoms with van der Waals surface area (Å²) in [6.45, 7) is 1.52. The van der Waals surface area contributed by atoms with Crippen molar-refractivity contribution in [2.24, 2.45) is 5.41 Å². The second-order valence-electron chi connectivity index (χ2n) is 5.75. The Hall–Kier alpha value is -0.870. The summed E-state index contributed by atoms with van der Waals surface area (Å²) in [6.07, 6.45) is 6.14. The van der Waals surface area contributed by atoms with Gasteiger partial charge in [0.15, 0.2) is 0 Å². The van der Waals surface area contributed by atoms with E-state index in [1.807, 2.05) is 13.1 Å². The highest BCUT2D eigenvalue weighted by Gasteiger charge is 2.39. The first kappa shape index (κ1) is 14.5. The molecule has 1 aromatic heterocycles. The van der Waals surface area contributed by atoms with Crippen LogP contribution in [0.3, 0.4) is 0 Å². The van der Waals surface area contributed by atoms with Gasteiger partial charge in [0, 0.05) is 18.0 Å². The Morgan fingerprint density at radius 2 is 2.05 bits per heavy atom. The maximum absolute atomic E-state index is 11.7. The van der Waals surface area contributed by atoms with E-state index in [1.165, 1.54) is 17.7 Å². The molecule has 1 aromatic rings. The zero-order valence-electron chi connectivity index (χ0n) is 11.6. The zero-order valence-corrected chi connectivity index (χ0v) is 12.4. The Kier molecular flexibility index (Phi) is 4.99. The third kappa shape index (κ3) is 3.80. The molecule has 0 bridgehead atoms. The van der Waals surface area contributed by atoms with Gasteiger partial charge in [-0.1, -0.05) is 31.7 Å². The van der Waals surface area contributed by atoms with Gasteiger partial charge in [0.25, 0.3) is 0 Å². The molecule has 0 radical (unpaired) electrons. The molecule has 1 saturated carbocycles. The van der Waals surface area contributed by atoms with E-state index >= 15 is 0 Å². The second-order valence-corrected chi connectivity index (χ2v) is 6.78. The third-order valence-electron chi connectivity index (χ3n) is 4.09. The summed E-state index contributed by atoms with van der Waals surface area (Å²) in [5.41, 5.74) is -0.525. The van der Waals surface area contributed by atoms with E-state index < -0.39 is 11.4 Å². The minimum atomic E-state index is -0.604. The van der Waals surface area contributed by atoms with Gasteiger partial charge in [0.05, 0.1) is 5.41 Å². The van der Waals surface area contributed by atoms with Gasteiger partial charge < -0.3 is 10.0 Å². The number of carboxylic acids is 1. The fraction of sp³-hybridized carbons (Fsp3) is 0.667. The molecule has 1 heterocycles. The lowest BCUT2D eigenvalue weighted by atomic mass is 9.80. The van der Waals surface area contributed by atoms with E-state index in [0.717, 1.165) is 32.2 Å². The summed E-state index contributed by atoms with van der Waals surface area (Å²) < 4.78 is 0. The number of aliphatic carboxylic acids is 1. The van der Waals surface area contributed by atoms with E-state index in [2.05, 4.69) is 16.3 Å². The molecule has 3 nitrogen and oxygen atoms in total. The maximum Gasteiger partial charge on any atom is 0.310 e. The van der Waals surface area contributed by atoms with Gasteiger partial charge in [0.1, 0.15) is 0 Å². The van der Waals surface area contributed by atoms with Gasteiger partial charge in [-0.3, -0.25) is 4.79 Å². The molecule has 2 rings (SSSR count). The van der Waals surface area contributed by atoms with Crippen molar-refractivity contribution in [2.45, 2.75) is 45.1 Å². The minimum absolute atomic E-state index is 0.525. The van der Waals surface area contributed by atoms with E-state index in [4.69, 9.17) is 0 Å². The summed E-state index contributed by atoms with van der Waals surface area (Å²) >= 11 is 1.74.